The van der Waals surface area contributed by atoms with Gasteiger partial charge in [0, 0.05) is 13.6 Å². The van der Waals surface area contributed by atoms with E-state index in [-0.39, 0.29) is 17.9 Å². The van der Waals surface area contributed by atoms with Gasteiger partial charge in [-0.05, 0) is 12.8 Å². The predicted octanol–water partition coefficient (Wildman–Crippen LogP) is 1.94. The smallest absolute Gasteiger partial charge is 0.266 e. The molecule has 0 spiro atoms. The van der Waals surface area contributed by atoms with Crippen LogP contribution in [0.3, 0.4) is 0 Å². The van der Waals surface area contributed by atoms with Gasteiger partial charge in [-0.3, -0.25) is 14.6 Å². The lowest BCUT2D eigenvalue weighted by Crippen LogP contribution is -2.29. The van der Waals surface area contributed by atoms with E-state index < -0.39 is 0 Å². The topological polar surface area (TPSA) is 75.2 Å². The average molecular weight is 322 g/mol. The minimum atomic E-state index is -0.142. The molecular formula is C13H14N4O2S2. The largest absolute Gasteiger partial charge is 0.354 e. The molecule has 1 aliphatic heterocycles. The molecule has 0 radical (unpaired) electrons. The Hall–Kier alpha value is -1.80. The molecule has 2 amide bonds. The van der Waals surface area contributed by atoms with Gasteiger partial charge in [0.15, 0.2) is 0 Å². The number of hydrogen-bond donors (Lipinski definition) is 1. The van der Waals surface area contributed by atoms with Gasteiger partial charge in [-0.15, -0.1) is 22.7 Å². The first-order chi connectivity index (χ1) is 10.2. The van der Waals surface area contributed by atoms with Gasteiger partial charge in [-0.2, -0.15) is 0 Å². The Balaban J connectivity index is 1.82. The molecule has 3 heterocycles. The van der Waals surface area contributed by atoms with Gasteiger partial charge in [0.25, 0.3) is 11.8 Å². The fourth-order valence-electron chi connectivity index (χ4n) is 2.40. The van der Waals surface area contributed by atoms with Crippen molar-refractivity contribution in [3.05, 3.63) is 32.7 Å². The summed E-state index contributed by atoms with van der Waals surface area (Å²) >= 11 is 2.70. The molecule has 2 aromatic rings. The third kappa shape index (κ3) is 2.68. The lowest BCUT2D eigenvalue weighted by molar-refractivity contribution is 0.0740. The summed E-state index contributed by atoms with van der Waals surface area (Å²) in [5.74, 6) is -0.145. The van der Waals surface area contributed by atoms with Crippen LogP contribution in [0.4, 0.5) is 0 Å². The van der Waals surface area contributed by atoms with E-state index in [1.54, 1.807) is 25.0 Å². The van der Waals surface area contributed by atoms with Crippen LogP contribution in [0.1, 0.15) is 43.2 Å². The maximum atomic E-state index is 12.5. The van der Waals surface area contributed by atoms with Crippen LogP contribution in [0.5, 0.6) is 0 Å². The molecular weight excluding hydrogens is 308 g/mol. The number of carbonyl (C=O) groups is 2. The maximum absolute atomic E-state index is 12.5. The van der Waals surface area contributed by atoms with Gasteiger partial charge in [-0.1, -0.05) is 0 Å². The van der Waals surface area contributed by atoms with E-state index in [4.69, 9.17) is 0 Å². The first-order valence-corrected chi connectivity index (χ1v) is 8.27. The Morgan fingerprint density at radius 3 is 2.95 bits per heavy atom. The van der Waals surface area contributed by atoms with Crippen molar-refractivity contribution < 1.29 is 9.59 Å². The van der Waals surface area contributed by atoms with Crippen LogP contribution in [-0.4, -0.2) is 40.3 Å². The summed E-state index contributed by atoms with van der Waals surface area (Å²) in [5, 5.41) is 3.41. The van der Waals surface area contributed by atoms with Gasteiger partial charge in [0.05, 0.1) is 23.9 Å². The van der Waals surface area contributed by atoms with Gasteiger partial charge < -0.3 is 10.2 Å². The first kappa shape index (κ1) is 14.2. The van der Waals surface area contributed by atoms with Crippen molar-refractivity contribution in [1.82, 2.24) is 20.2 Å². The van der Waals surface area contributed by atoms with Crippen molar-refractivity contribution in [2.24, 2.45) is 0 Å². The lowest BCUT2D eigenvalue weighted by Gasteiger charge is -2.22. The van der Waals surface area contributed by atoms with E-state index in [1.807, 2.05) is 4.90 Å². The number of thiazole rings is 2. The highest BCUT2D eigenvalue weighted by atomic mass is 32.1. The molecule has 110 valence electrons. The monoisotopic (exact) mass is 322 g/mol. The number of aromatic nitrogens is 2. The minimum absolute atomic E-state index is 0.00306. The van der Waals surface area contributed by atoms with Crippen molar-refractivity contribution in [2.45, 2.75) is 18.9 Å². The molecule has 8 heteroatoms. The molecule has 0 bridgehead atoms. The van der Waals surface area contributed by atoms with Crippen LogP contribution >= 0.6 is 22.7 Å². The van der Waals surface area contributed by atoms with Crippen molar-refractivity contribution in [2.75, 3.05) is 13.6 Å². The second-order valence-electron chi connectivity index (χ2n) is 4.66. The summed E-state index contributed by atoms with van der Waals surface area (Å²) in [6.07, 6.45) is 5.00. The zero-order chi connectivity index (χ0) is 14.8. The van der Waals surface area contributed by atoms with E-state index in [1.165, 1.54) is 22.7 Å². The summed E-state index contributed by atoms with van der Waals surface area (Å²) in [5.41, 5.74) is 1.66. The molecule has 2 aromatic heterocycles. The van der Waals surface area contributed by atoms with Crippen molar-refractivity contribution in [3.8, 4) is 0 Å². The molecule has 1 N–H and O–H groups in total. The second kappa shape index (κ2) is 5.90. The molecule has 0 aliphatic carbocycles. The number of nitrogens with one attached hydrogen (secondary N) is 1. The molecule has 0 unspecified atom stereocenters. The van der Waals surface area contributed by atoms with E-state index in [0.29, 0.717) is 9.75 Å². The SMILES string of the molecule is CNC(=O)c1cnc([C@H]2CCCN2C(=O)c2cncs2)s1. The molecule has 0 saturated carbocycles. The van der Waals surface area contributed by atoms with Crippen LogP contribution in [0.15, 0.2) is 17.9 Å². The molecule has 3 rings (SSSR count). The highest BCUT2D eigenvalue weighted by molar-refractivity contribution is 7.13. The summed E-state index contributed by atoms with van der Waals surface area (Å²) in [7, 11) is 1.59. The number of nitrogens with zero attached hydrogens (tertiary/aromatic N) is 3. The van der Waals surface area contributed by atoms with Gasteiger partial charge in [0.2, 0.25) is 0 Å². The van der Waals surface area contributed by atoms with Crippen LogP contribution in [-0.2, 0) is 0 Å². The van der Waals surface area contributed by atoms with Crippen LogP contribution in [0.25, 0.3) is 0 Å². The Morgan fingerprint density at radius 1 is 1.38 bits per heavy atom. The second-order valence-corrected chi connectivity index (χ2v) is 6.61. The Morgan fingerprint density at radius 2 is 2.24 bits per heavy atom. The highest BCUT2D eigenvalue weighted by Crippen LogP contribution is 2.35. The zero-order valence-electron chi connectivity index (χ0n) is 11.4. The fraction of sp³-hybridized carbons (Fsp3) is 0.385. The number of hydrogen-bond acceptors (Lipinski definition) is 6. The van der Waals surface area contributed by atoms with Crippen LogP contribution < -0.4 is 5.32 Å². The summed E-state index contributed by atoms with van der Waals surface area (Å²) in [6, 6.07) is -0.0389. The third-order valence-electron chi connectivity index (χ3n) is 3.42. The first-order valence-electron chi connectivity index (χ1n) is 6.58. The number of carbonyl (C=O) groups excluding carboxylic acids is 2. The molecule has 6 nitrogen and oxygen atoms in total. The number of likely N-dealkylation sites (tertiary alicyclic amines) is 1. The zero-order valence-corrected chi connectivity index (χ0v) is 13.0. The van der Waals surface area contributed by atoms with E-state index >= 15 is 0 Å². The van der Waals surface area contributed by atoms with Crippen LogP contribution in [0.2, 0.25) is 0 Å². The predicted molar refractivity (Wildman–Crippen MR) is 80.6 cm³/mol. The Bertz CT molecular complexity index is 653. The van der Waals surface area contributed by atoms with Crippen molar-refractivity contribution in [1.29, 1.82) is 0 Å². The summed E-state index contributed by atoms with van der Waals surface area (Å²) < 4.78 is 0. The molecule has 21 heavy (non-hydrogen) atoms. The number of amides is 2. The molecule has 0 aromatic carbocycles. The fourth-order valence-corrected chi connectivity index (χ4v) is 3.99. The van der Waals surface area contributed by atoms with Crippen molar-refractivity contribution in [3.63, 3.8) is 0 Å². The molecule has 1 atom stereocenters. The van der Waals surface area contributed by atoms with E-state index in [0.717, 1.165) is 24.4 Å². The quantitative estimate of drug-likeness (QED) is 0.937. The maximum Gasteiger partial charge on any atom is 0.266 e. The minimum Gasteiger partial charge on any atom is -0.354 e. The van der Waals surface area contributed by atoms with Gasteiger partial charge in [0.1, 0.15) is 14.8 Å². The summed E-state index contributed by atoms with van der Waals surface area (Å²) in [6.45, 7) is 0.719. The molecule has 1 aliphatic rings. The lowest BCUT2D eigenvalue weighted by atomic mass is 10.2. The van der Waals surface area contributed by atoms with E-state index in [9.17, 15) is 9.59 Å². The normalized spacial score (nSPS) is 18.0. The standard InChI is InChI=1S/C13H14N4O2S2/c1-14-11(18)9-6-16-12(21-9)8-3-2-4-17(8)13(19)10-5-15-7-20-10/h5-8H,2-4H2,1H3,(H,14,18)/t8-/m1/s1. The van der Waals surface area contributed by atoms with Gasteiger partial charge >= 0.3 is 0 Å². The molecule has 1 saturated heterocycles. The number of rotatable bonds is 3. The van der Waals surface area contributed by atoms with Crippen molar-refractivity contribution >= 4 is 34.5 Å². The highest BCUT2D eigenvalue weighted by Gasteiger charge is 2.33. The summed E-state index contributed by atoms with van der Waals surface area (Å²) in [4.78, 5) is 35.4. The van der Waals surface area contributed by atoms with E-state index in [2.05, 4.69) is 15.3 Å². The van der Waals surface area contributed by atoms with Gasteiger partial charge in [-0.25, -0.2) is 4.98 Å². The Kier molecular flexibility index (Phi) is 3.98. The molecule has 1 fully saturated rings. The average Bonchev–Trinajstić information content (AvgIpc) is 3.25. The van der Waals surface area contributed by atoms with Crippen LogP contribution in [0, 0.1) is 0 Å². The Labute approximate surface area is 129 Å². The third-order valence-corrected chi connectivity index (χ3v) is 5.27.